The van der Waals surface area contributed by atoms with E-state index in [1.54, 1.807) is 11.3 Å². The highest BCUT2D eigenvalue weighted by Gasteiger charge is 2.02. The Morgan fingerprint density at radius 1 is 1.69 bits per heavy atom. The molecule has 1 unspecified atom stereocenters. The first-order valence-electron chi connectivity index (χ1n) is 4.32. The first-order chi connectivity index (χ1) is 6.22. The van der Waals surface area contributed by atoms with Gasteiger partial charge in [-0.1, -0.05) is 6.92 Å². The molecule has 0 saturated heterocycles. The maximum absolute atomic E-state index is 8.81. The second-order valence-corrected chi connectivity index (χ2v) is 5.25. The van der Waals surface area contributed by atoms with Crippen LogP contribution in [0.2, 0.25) is 0 Å². The molecule has 0 saturated carbocycles. The summed E-state index contributed by atoms with van der Waals surface area (Å²) in [6.45, 7) is 4.36. The fraction of sp³-hybridized carbons (Fsp3) is 0.667. The lowest BCUT2D eigenvalue weighted by Crippen LogP contribution is -2.03. The van der Waals surface area contributed by atoms with E-state index in [0.717, 1.165) is 22.2 Å². The van der Waals surface area contributed by atoms with Crippen molar-refractivity contribution in [3.8, 4) is 0 Å². The van der Waals surface area contributed by atoms with Crippen molar-refractivity contribution in [2.24, 2.45) is 5.92 Å². The molecule has 1 rings (SSSR count). The van der Waals surface area contributed by atoms with E-state index in [1.807, 2.05) is 18.7 Å². The normalized spacial score (nSPS) is 13.2. The number of aliphatic hydroxyl groups excluding tert-OH is 1. The van der Waals surface area contributed by atoms with Gasteiger partial charge in [-0.15, -0.1) is 11.3 Å². The predicted octanol–water partition coefficient (Wildman–Crippen LogP) is 2.31. The highest BCUT2D eigenvalue weighted by Crippen LogP contribution is 2.17. The number of nitrogens with zero attached hydrogens (tertiary/aromatic N) is 1. The molecular weight excluding hydrogens is 202 g/mol. The Bertz CT molecular complexity index is 250. The second-order valence-electron chi connectivity index (χ2n) is 3.16. The molecule has 74 valence electrons. The minimum Gasteiger partial charge on any atom is -0.396 e. The van der Waals surface area contributed by atoms with Crippen LogP contribution in [-0.2, 0) is 5.75 Å². The lowest BCUT2D eigenvalue weighted by molar-refractivity contribution is 0.250. The van der Waals surface area contributed by atoms with Crippen molar-refractivity contribution in [2.45, 2.75) is 19.6 Å². The molecule has 0 fully saturated rings. The maximum Gasteiger partial charge on any atom is 0.0897 e. The first kappa shape index (κ1) is 11.0. The van der Waals surface area contributed by atoms with Crippen molar-refractivity contribution >= 4 is 23.1 Å². The molecule has 2 nitrogen and oxygen atoms in total. The van der Waals surface area contributed by atoms with Gasteiger partial charge >= 0.3 is 0 Å². The maximum atomic E-state index is 8.81. The first-order valence-corrected chi connectivity index (χ1v) is 6.35. The van der Waals surface area contributed by atoms with Gasteiger partial charge in [-0.25, -0.2) is 4.98 Å². The molecule has 4 heteroatoms. The van der Waals surface area contributed by atoms with Crippen molar-refractivity contribution in [1.82, 2.24) is 4.98 Å². The Labute approximate surface area is 87.4 Å². The van der Waals surface area contributed by atoms with E-state index in [9.17, 15) is 0 Å². The van der Waals surface area contributed by atoms with Crippen LogP contribution < -0.4 is 0 Å². The van der Waals surface area contributed by atoms with E-state index in [0.29, 0.717) is 5.92 Å². The molecule has 0 amide bonds. The fourth-order valence-electron chi connectivity index (χ4n) is 0.892. The molecule has 0 aliphatic carbocycles. The molecule has 0 aliphatic rings. The topological polar surface area (TPSA) is 33.1 Å². The molecule has 13 heavy (non-hydrogen) atoms. The molecule has 0 radical (unpaired) electrons. The Morgan fingerprint density at radius 2 is 2.46 bits per heavy atom. The van der Waals surface area contributed by atoms with E-state index >= 15 is 0 Å². The molecule has 0 bridgehead atoms. The third-order valence-electron chi connectivity index (χ3n) is 1.63. The number of hydrogen-bond donors (Lipinski definition) is 1. The van der Waals surface area contributed by atoms with Crippen LogP contribution in [0, 0.1) is 12.8 Å². The molecule has 1 aromatic rings. The van der Waals surface area contributed by atoms with E-state index in [-0.39, 0.29) is 6.61 Å². The number of aliphatic hydroxyl groups is 1. The van der Waals surface area contributed by atoms with Crippen LogP contribution in [0.5, 0.6) is 0 Å². The van der Waals surface area contributed by atoms with Gasteiger partial charge in [0.2, 0.25) is 0 Å². The Morgan fingerprint density at radius 3 is 3.00 bits per heavy atom. The van der Waals surface area contributed by atoms with Gasteiger partial charge < -0.3 is 5.11 Å². The quantitative estimate of drug-likeness (QED) is 0.821. The average molecular weight is 217 g/mol. The van der Waals surface area contributed by atoms with Crippen molar-refractivity contribution in [3.05, 3.63) is 16.1 Å². The zero-order valence-corrected chi connectivity index (χ0v) is 9.62. The number of thioether (sulfide) groups is 1. The number of thiazole rings is 1. The van der Waals surface area contributed by atoms with Gasteiger partial charge in [0.05, 0.1) is 10.7 Å². The summed E-state index contributed by atoms with van der Waals surface area (Å²) < 4.78 is 0. The third-order valence-corrected chi connectivity index (χ3v) is 3.76. The predicted molar refractivity (Wildman–Crippen MR) is 59.3 cm³/mol. The van der Waals surface area contributed by atoms with Crippen LogP contribution in [0.1, 0.15) is 17.6 Å². The zero-order valence-electron chi connectivity index (χ0n) is 7.99. The van der Waals surface area contributed by atoms with Gasteiger partial charge in [0.25, 0.3) is 0 Å². The van der Waals surface area contributed by atoms with Crippen LogP contribution in [0.3, 0.4) is 0 Å². The van der Waals surface area contributed by atoms with Crippen LogP contribution in [0.25, 0.3) is 0 Å². The van der Waals surface area contributed by atoms with Crippen LogP contribution in [0.4, 0.5) is 0 Å². The third kappa shape index (κ3) is 4.11. The summed E-state index contributed by atoms with van der Waals surface area (Å²) in [4.78, 5) is 4.37. The average Bonchev–Trinajstić information content (AvgIpc) is 2.51. The molecule has 1 heterocycles. The van der Waals surface area contributed by atoms with Gasteiger partial charge in [-0.3, -0.25) is 0 Å². The van der Waals surface area contributed by atoms with Crippen molar-refractivity contribution < 1.29 is 5.11 Å². The smallest absolute Gasteiger partial charge is 0.0897 e. The second kappa shape index (κ2) is 5.62. The molecule has 0 aliphatic heterocycles. The molecule has 1 aromatic heterocycles. The lowest BCUT2D eigenvalue weighted by atomic mass is 10.2. The number of aromatic nitrogens is 1. The number of rotatable bonds is 5. The summed E-state index contributed by atoms with van der Waals surface area (Å²) in [5, 5.41) is 12.0. The van der Waals surface area contributed by atoms with Crippen molar-refractivity contribution in [2.75, 3.05) is 12.4 Å². The zero-order chi connectivity index (χ0) is 9.68. The summed E-state index contributed by atoms with van der Waals surface area (Å²) >= 11 is 3.53. The Hall–Kier alpha value is -0.0600. The largest absolute Gasteiger partial charge is 0.396 e. The van der Waals surface area contributed by atoms with Gasteiger partial charge in [0.15, 0.2) is 0 Å². The Balaban J connectivity index is 2.20. The van der Waals surface area contributed by atoms with E-state index in [4.69, 9.17) is 5.11 Å². The van der Waals surface area contributed by atoms with Crippen LogP contribution in [-0.4, -0.2) is 22.5 Å². The minimum absolute atomic E-state index is 0.281. The number of aryl methyl sites for hydroxylation is 1. The summed E-state index contributed by atoms with van der Waals surface area (Å²) in [7, 11) is 0. The fourth-order valence-corrected chi connectivity index (χ4v) is 2.59. The molecule has 0 spiro atoms. The molecular formula is C9H15NOS2. The van der Waals surface area contributed by atoms with Gasteiger partial charge in [-0.2, -0.15) is 11.8 Å². The van der Waals surface area contributed by atoms with Gasteiger partial charge in [0.1, 0.15) is 0 Å². The van der Waals surface area contributed by atoms with Crippen LogP contribution in [0.15, 0.2) is 5.38 Å². The standard InChI is InChI=1S/C9H15NOS2/c1-7(3-11)4-12-5-9-6-13-8(2)10-9/h6-7,11H,3-5H2,1-2H3. The number of hydrogen-bond acceptors (Lipinski definition) is 4. The van der Waals surface area contributed by atoms with Crippen molar-refractivity contribution in [3.63, 3.8) is 0 Å². The summed E-state index contributed by atoms with van der Waals surface area (Å²) in [5.74, 6) is 2.37. The van der Waals surface area contributed by atoms with E-state index < -0.39 is 0 Å². The molecule has 1 atom stereocenters. The minimum atomic E-state index is 0.281. The van der Waals surface area contributed by atoms with E-state index in [1.165, 1.54) is 0 Å². The van der Waals surface area contributed by atoms with Crippen LogP contribution >= 0.6 is 23.1 Å². The summed E-state index contributed by atoms with van der Waals surface area (Å²) in [6, 6.07) is 0. The lowest BCUT2D eigenvalue weighted by Gasteiger charge is -2.05. The monoisotopic (exact) mass is 217 g/mol. The molecule has 1 N–H and O–H groups in total. The highest BCUT2D eigenvalue weighted by molar-refractivity contribution is 7.98. The Kier molecular flexibility index (Phi) is 4.77. The van der Waals surface area contributed by atoms with Gasteiger partial charge in [-0.05, 0) is 18.6 Å². The summed E-state index contributed by atoms with van der Waals surface area (Å²) in [6.07, 6.45) is 0. The molecule has 0 aromatic carbocycles. The van der Waals surface area contributed by atoms with E-state index in [2.05, 4.69) is 17.3 Å². The highest BCUT2D eigenvalue weighted by atomic mass is 32.2. The van der Waals surface area contributed by atoms with Crippen molar-refractivity contribution in [1.29, 1.82) is 0 Å². The summed E-state index contributed by atoms with van der Waals surface area (Å²) in [5.41, 5.74) is 1.16. The van der Waals surface area contributed by atoms with Gasteiger partial charge in [0, 0.05) is 17.7 Å². The SMILES string of the molecule is Cc1nc(CSCC(C)CO)cs1.